The molecule has 162 valence electrons. The number of hydrogen-bond acceptors (Lipinski definition) is 5. The zero-order valence-corrected chi connectivity index (χ0v) is 19.0. The highest BCUT2D eigenvalue weighted by atomic mass is 35.5. The summed E-state index contributed by atoms with van der Waals surface area (Å²) in [6.07, 6.45) is 0.312. The number of halogens is 1. The summed E-state index contributed by atoms with van der Waals surface area (Å²) in [4.78, 5) is 24.5. The summed E-state index contributed by atoms with van der Waals surface area (Å²) in [6, 6.07) is 14.9. The molecule has 0 radical (unpaired) electrons. The van der Waals surface area contributed by atoms with E-state index in [-0.39, 0.29) is 24.1 Å². The number of rotatable bonds is 9. The molecule has 2 aromatic carbocycles. The quantitative estimate of drug-likeness (QED) is 0.476. The fraction of sp³-hybridized carbons (Fsp3) is 0.273. The Balaban J connectivity index is 1.53. The van der Waals surface area contributed by atoms with Crippen molar-refractivity contribution in [1.82, 2.24) is 20.1 Å². The largest absolute Gasteiger partial charge is 0.349 e. The van der Waals surface area contributed by atoms with Crippen molar-refractivity contribution in [1.29, 1.82) is 0 Å². The minimum absolute atomic E-state index is 0.0798. The van der Waals surface area contributed by atoms with Gasteiger partial charge in [0, 0.05) is 17.3 Å². The molecule has 3 aromatic rings. The van der Waals surface area contributed by atoms with E-state index in [2.05, 4.69) is 20.8 Å². The van der Waals surface area contributed by atoms with Crippen molar-refractivity contribution in [3.8, 4) is 0 Å². The molecule has 0 aliphatic carbocycles. The summed E-state index contributed by atoms with van der Waals surface area (Å²) in [5.74, 6) is 0.628. The van der Waals surface area contributed by atoms with Crippen LogP contribution in [0.1, 0.15) is 23.9 Å². The van der Waals surface area contributed by atoms with Gasteiger partial charge in [-0.1, -0.05) is 53.7 Å². The van der Waals surface area contributed by atoms with E-state index < -0.39 is 0 Å². The molecule has 9 heteroatoms. The van der Waals surface area contributed by atoms with Gasteiger partial charge in [0.25, 0.3) is 0 Å². The molecule has 2 amide bonds. The molecule has 0 aliphatic heterocycles. The average Bonchev–Trinajstić information content (AvgIpc) is 3.15. The van der Waals surface area contributed by atoms with Gasteiger partial charge in [0.15, 0.2) is 11.0 Å². The van der Waals surface area contributed by atoms with Gasteiger partial charge in [-0.25, -0.2) is 0 Å². The number of carbonyl (C=O) groups excluding carboxylic acids is 2. The van der Waals surface area contributed by atoms with E-state index in [1.54, 1.807) is 18.2 Å². The van der Waals surface area contributed by atoms with E-state index in [1.165, 1.54) is 11.8 Å². The maximum atomic E-state index is 12.3. The molecule has 1 aromatic heterocycles. The second-order valence-electron chi connectivity index (χ2n) is 6.88. The topological polar surface area (TPSA) is 88.9 Å². The second-order valence-corrected chi connectivity index (χ2v) is 8.26. The van der Waals surface area contributed by atoms with E-state index >= 15 is 0 Å². The third kappa shape index (κ3) is 6.57. The van der Waals surface area contributed by atoms with Crippen LogP contribution in [0.15, 0.2) is 53.7 Å². The number of benzene rings is 2. The lowest BCUT2D eigenvalue weighted by Gasteiger charge is -2.10. The Morgan fingerprint density at radius 1 is 1.10 bits per heavy atom. The normalized spacial score (nSPS) is 10.7. The number of thioether (sulfide) groups is 1. The predicted octanol–water partition coefficient (Wildman–Crippen LogP) is 3.85. The predicted molar refractivity (Wildman–Crippen MR) is 123 cm³/mol. The number of hydrogen-bond donors (Lipinski definition) is 2. The lowest BCUT2D eigenvalue weighted by molar-refractivity contribution is -0.120. The van der Waals surface area contributed by atoms with Gasteiger partial charge in [-0.3, -0.25) is 9.59 Å². The van der Waals surface area contributed by atoms with Crippen LogP contribution in [0.2, 0.25) is 5.02 Å². The molecule has 0 unspecified atom stereocenters. The Kier molecular flexibility index (Phi) is 8.08. The van der Waals surface area contributed by atoms with Crippen molar-refractivity contribution in [2.24, 2.45) is 0 Å². The summed E-state index contributed by atoms with van der Waals surface area (Å²) in [6.45, 7) is 4.78. The van der Waals surface area contributed by atoms with Gasteiger partial charge in [0.05, 0.1) is 18.7 Å². The Labute approximate surface area is 190 Å². The van der Waals surface area contributed by atoms with E-state index in [0.29, 0.717) is 29.0 Å². The maximum absolute atomic E-state index is 12.3. The molecule has 2 N–H and O–H groups in total. The molecule has 0 atom stereocenters. The molecule has 31 heavy (non-hydrogen) atoms. The minimum Gasteiger partial charge on any atom is -0.349 e. The third-order valence-electron chi connectivity index (χ3n) is 4.56. The highest BCUT2D eigenvalue weighted by molar-refractivity contribution is 7.99. The van der Waals surface area contributed by atoms with E-state index in [4.69, 9.17) is 11.6 Å². The van der Waals surface area contributed by atoms with Crippen molar-refractivity contribution in [2.45, 2.75) is 38.5 Å². The van der Waals surface area contributed by atoms with Gasteiger partial charge in [-0.2, -0.15) is 0 Å². The standard InChI is InChI=1S/C22H24ClN5O2S/c1-3-28-19(13-24-20(29)12-16-7-5-4-6-8-16)26-27-22(28)31-14-21(30)25-18-10-9-17(23)11-15(18)2/h4-11H,3,12-14H2,1-2H3,(H,24,29)(H,25,30). The van der Waals surface area contributed by atoms with E-state index in [1.807, 2.05) is 48.7 Å². The molecular formula is C22H24ClN5O2S. The number of anilines is 1. The summed E-state index contributed by atoms with van der Waals surface area (Å²) in [5, 5.41) is 15.4. The van der Waals surface area contributed by atoms with Crippen LogP contribution < -0.4 is 10.6 Å². The first-order chi connectivity index (χ1) is 15.0. The average molecular weight is 458 g/mol. The third-order valence-corrected chi connectivity index (χ3v) is 5.76. The van der Waals surface area contributed by atoms with Crippen LogP contribution in [0.4, 0.5) is 5.69 Å². The van der Waals surface area contributed by atoms with Crippen LogP contribution in [0, 0.1) is 6.92 Å². The Hall–Kier alpha value is -2.84. The van der Waals surface area contributed by atoms with Gasteiger partial charge < -0.3 is 15.2 Å². The van der Waals surface area contributed by atoms with Gasteiger partial charge in [-0.15, -0.1) is 10.2 Å². The fourth-order valence-electron chi connectivity index (χ4n) is 2.98. The highest BCUT2D eigenvalue weighted by Crippen LogP contribution is 2.21. The smallest absolute Gasteiger partial charge is 0.234 e. The Morgan fingerprint density at radius 2 is 1.87 bits per heavy atom. The van der Waals surface area contributed by atoms with Crippen molar-refractivity contribution in [3.63, 3.8) is 0 Å². The summed E-state index contributed by atoms with van der Waals surface area (Å²) in [7, 11) is 0. The van der Waals surface area contributed by atoms with Crippen molar-refractivity contribution < 1.29 is 9.59 Å². The molecule has 0 spiro atoms. The van der Waals surface area contributed by atoms with E-state index in [9.17, 15) is 9.59 Å². The van der Waals surface area contributed by atoms with Crippen LogP contribution in [-0.2, 0) is 29.1 Å². The molecule has 0 saturated carbocycles. The van der Waals surface area contributed by atoms with Gasteiger partial charge in [0.2, 0.25) is 11.8 Å². The number of carbonyl (C=O) groups is 2. The van der Waals surface area contributed by atoms with Crippen LogP contribution >= 0.6 is 23.4 Å². The number of nitrogens with one attached hydrogen (secondary N) is 2. The molecule has 1 heterocycles. The summed E-state index contributed by atoms with van der Waals surface area (Å²) < 4.78 is 1.90. The number of aromatic nitrogens is 3. The van der Waals surface area contributed by atoms with Gasteiger partial charge in [0.1, 0.15) is 0 Å². The lowest BCUT2D eigenvalue weighted by Crippen LogP contribution is -2.26. The van der Waals surface area contributed by atoms with Crippen LogP contribution in [0.5, 0.6) is 0 Å². The molecule has 0 fully saturated rings. The highest BCUT2D eigenvalue weighted by Gasteiger charge is 2.14. The fourth-order valence-corrected chi connectivity index (χ4v) is 4.03. The lowest BCUT2D eigenvalue weighted by atomic mass is 10.1. The summed E-state index contributed by atoms with van der Waals surface area (Å²) >= 11 is 7.26. The Morgan fingerprint density at radius 3 is 2.58 bits per heavy atom. The Bertz CT molecular complexity index is 1060. The number of aryl methyl sites for hydroxylation is 1. The zero-order chi connectivity index (χ0) is 22.2. The van der Waals surface area contributed by atoms with Crippen molar-refractivity contribution >= 4 is 40.9 Å². The summed E-state index contributed by atoms with van der Waals surface area (Å²) in [5.41, 5.74) is 2.58. The molecule has 0 aliphatic rings. The van der Waals surface area contributed by atoms with Crippen molar-refractivity contribution in [3.05, 3.63) is 70.5 Å². The zero-order valence-electron chi connectivity index (χ0n) is 17.4. The van der Waals surface area contributed by atoms with Gasteiger partial charge in [-0.05, 0) is 43.2 Å². The minimum atomic E-state index is -0.140. The first kappa shape index (κ1) is 22.8. The van der Waals surface area contributed by atoms with Crippen LogP contribution in [-0.4, -0.2) is 32.3 Å². The maximum Gasteiger partial charge on any atom is 0.234 e. The molecule has 3 rings (SSSR count). The molecule has 7 nitrogen and oxygen atoms in total. The first-order valence-electron chi connectivity index (χ1n) is 9.87. The van der Waals surface area contributed by atoms with Crippen LogP contribution in [0.25, 0.3) is 0 Å². The molecule has 0 saturated heterocycles. The first-order valence-corrected chi connectivity index (χ1v) is 11.2. The molecule has 0 bridgehead atoms. The van der Waals surface area contributed by atoms with Crippen LogP contribution in [0.3, 0.4) is 0 Å². The van der Waals surface area contributed by atoms with Crippen molar-refractivity contribution in [2.75, 3.05) is 11.1 Å². The number of nitrogens with zero attached hydrogens (tertiary/aromatic N) is 3. The number of amides is 2. The SMILES string of the molecule is CCn1c(CNC(=O)Cc2ccccc2)nnc1SCC(=O)Nc1ccc(Cl)cc1C. The van der Waals surface area contributed by atoms with Gasteiger partial charge >= 0.3 is 0 Å². The van der Waals surface area contributed by atoms with E-state index in [0.717, 1.165) is 16.8 Å². The second kappa shape index (κ2) is 11.0. The molecular weight excluding hydrogens is 434 g/mol. The monoisotopic (exact) mass is 457 g/mol.